The zero-order valence-corrected chi connectivity index (χ0v) is 14.8. The number of aromatic amines is 1. The minimum Gasteiger partial charge on any atom is -0.351 e. The number of rotatable bonds is 5. The summed E-state index contributed by atoms with van der Waals surface area (Å²) in [6.07, 6.45) is 9.22. The van der Waals surface area contributed by atoms with Crippen LogP contribution in [0, 0.1) is 0 Å². The lowest BCUT2D eigenvalue weighted by Gasteiger charge is -2.29. The Balaban J connectivity index is 1.38. The van der Waals surface area contributed by atoms with Gasteiger partial charge in [-0.05, 0) is 51.9 Å². The molecule has 2 aromatic rings. The predicted octanol–water partition coefficient (Wildman–Crippen LogP) is 3.11. The summed E-state index contributed by atoms with van der Waals surface area (Å²) in [5.41, 5.74) is 1.23. The van der Waals surface area contributed by atoms with Crippen LogP contribution in [-0.4, -0.2) is 51.2 Å². The molecule has 0 aromatic carbocycles. The van der Waals surface area contributed by atoms with Gasteiger partial charge in [-0.3, -0.25) is 5.10 Å². The van der Waals surface area contributed by atoms with Gasteiger partial charge in [-0.1, -0.05) is 12.8 Å². The van der Waals surface area contributed by atoms with E-state index in [2.05, 4.69) is 48.8 Å². The lowest BCUT2D eigenvalue weighted by Crippen LogP contribution is -2.37. The lowest BCUT2D eigenvalue weighted by atomic mass is 10.0. The van der Waals surface area contributed by atoms with Gasteiger partial charge in [0.25, 0.3) is 0 Å². The maximum atomic E-state index is 4.59. The minimum absolute atomic E-state index is 0.450. The predicted molar refractivity (Wildman–Crippen MR) is 99.3 cm³/mol. The average Bonchev–Trinajstić information content (AvgIpc) is 3.29. The van der Waals surface area contributed by atoms with Gasteiger partial charge in [0.05, 0.1) is 0 Å². The summed E-state index contributed by atoms with van der Waals surface area (Å²) in [5, 5.41) is 14.3. The molecular formula is C18H27N7. The van der Waals surface area contributed by atoms with Crippen LogP contribution in [0.15, 0.2) is 18.3 Å². The quantitative estimate of drug-likeness (QED) is 0.775. The van der Waals surface area contributed by atoms with Crippen LogP contribution in [0.1, 0.15) is 50.1 Å². The molecule has 1 saturated heterocycles. The van der Waals surface area contributed by atoms with Crippen LogP contribution >= 0.6 is 0 Å². The van der Waals surface area contributed by atoms with E-state index in [1.807, 2.05) is 6.07 Å². The number of piperidine rings is 1. The highest BCUT2D eigenvalue weighted by atomic mass is 15.2. The highest BCUT2D eigenvalue weighted by Gasteiger charge is 2.20. The summed E-state index contributed by atoms with van der Waals surface area (Å²) in [4.78, 5) is 11.3. The van der Waals surface area contributed by atoms with Gasteiger partial charge >= 0.3 is 0 Å². The summed E-state index contributed by atoms with van der Waals surface area (Å²) in [6.45, 7) is 2.24. The maximum Gasteiger partial charge on any atom is 0.224 e. The molecule has 25 heavy (non-hydrogen) atoms. The summed E-state index contributed by atoms with van der Waals surface area (Å²) < 4.78 is 0. The molecule has 0 amide bonds. The molecule has 2 fully saturated rings. The largest absolute Gasteiger partial charge is 0.351 e. The van der Waals surface area contributed by atoms with Crippen molar-refractivity contribution >= 4 is 17.6 Å². The molecule has 4 rings (SSSR count). The molecule has 0 unspecified atom stereocenters. The van der Waals surface area contributed by atoms with E-state index in [0.717, 1.165) is 37.6 Å². The van der Waals surface area contributed by atoms with Crippen molar-refractivity contribution in [2.24, 2.45) is 0 Å². The SMILES string of the molecule is CN1CCC(Nc2nccc(Nc3cc(C4CCCC4)[nH]n3)n2)CC1. The minimum atomic E-state index is 0.450. The Labute approximate surface area is 148 Å². The normalized spacial score (nSPS) is 20.0. The van der Waals surface area contributed by atoms with Gasteiger partial charge in [0.1, 0.15) is 5.82 Å². The van der Waals surface area contributed by atoms with Crippen molar-refractivity contribution in [2.75, 3.05) is 30.8 Å². The first-order chi connectivity index (χ1) is 12.3. The van der Waals surface area contributed by atoms with E-state index in [1.54, 1.807) is 6.20 Å². The van der Waals surface area contributed by atoms with Crippen molar-refractivity contribution in [2.45, 2.75) is 50.5 Å². The summed E-state index contributed by atoms with van der Waals surface area (Å²) in [7, 11) is 2.17. The molecule has 7 nitrogen and oxygen atoms in total. The van der Waals surface area contributed by atoms with Gasteiger partial charge in [0, 0.05) is 29.9 Å². The molecule has 0 bridgehead atoms. The first-order valence-corrected chi connectivity index (χ1v) is 9.37. The number of hydrogen-bond donors (Lipinski definition) is 3. The van der Waals surface area contributed by atoms with E-state index in [0.29, 0.717) is 17.9 Å². The summed E-state index contributed by atoms with van der Waals surface area (Å²) >= 11 is 0. The first kappa shape index (κ1) is 16.3. The van der Waals surface area contributed by atoms with Crippen molar-refractivity contribution < 1.29 is 0 Å². The number of anilines is 3. The molecule has 1 aliphatic heterocycles. The maximum absolute atomic E-state index is 4.59. The van der Waals surface area contributed by atoms with Gasteiger partial charge in [-0.25, -0.2) is 4.98 Å². The van der Waals surface area contributed by atoms with Gasteiger partial charge in [0.2, 0.25) is 5.95 Å². The van der Waals surface area contributed by atoms with E-state index >= 15 is 0 Å². The molecule has 2 aliphatic rings. The Kier molecular flexibility index (Phi) is 4.83. The highest BCUT2D eigenvalue weighted by Crippen LogP contribution is 2.33. The zero-order chi connectivity index (χ0) is 17.1. The number of nitrogens with one attached hydrogen (secondary N) is 3. The van der Waals surface area contributed by atoms with Gasteiger partial charge in [-0.15, -0.1) is 0 Å². The molecule has 1 aliphatic carbocycles. The Morgan fingerprint density at radius 3 is 2.72 bits per heavy atom. The van der Waals surface area contributed by atoms with E-state index in [4.69, 9.17) is 0 Å². The zero-order valence-electron chi connectivity index (χ0n) is 14.8. The molecule has 3 heterocycles. The molecule has 3 N–H and O–H groups in total. The van der Waals surface area contributed by atoms with Crippen LogP contribution in [0.3, 0.4) is 0 Å². The van der Waals surface area contributed by atoms with Crippen LogP contribution in [-0.2, 0) is 0 Å². The van der Waals surface area contributed by atoms with Gasteiger partial charge in [0.15, 0.2) is 5.82 Å². The van der Waals surface area contributed by atoms with E-state index in [1.165, 1.54) is 31.4 Å². The van der Waals surface area contributed by atoms with Gasteiger partial charge < -0.3 is 15.5 Å². The van der Waals surface area contributed by atoms with Crippen LogP contribution in [0.2, 0.25) is 0 Å². The smallest absolute Gasteiger partial charge is 0.224 e. The Morgan fingerprint density at radius 1 is 1.12 bits per heavy atom. The van der Waals surface area contributed by atoms with Crippen molar-refractivity contribution in [3.05, 3.63) is 24.0 Å². The Hall–Kier alpha value is -2.15. The number of nitrogens with zero attached hydrogens (tertiary/aromatic N) is 4. The lowest BCUT2D eigenvalue weighted by molar-refractivity contribution is 0.263. The fourth-order valence-corrected chi connectivity index (χ4v) is 3.81. The topological polar surface area (TPSA) is 81.8 Å². The Morgan fingerprint density at radius 2 is 1.92 bits per heavy atom. The van der Waals surface area contributed by atoms with Crippen LogP contribution < -0.4 is 10.6 Å². The second-order valence-electron chi connectivity index (χ2n) is 7.30. The van der Waals surface area contributed by atoms with E-state index in [-0.39, 0.29) is 0 Å². The standard InChI is InChI=1S/C18H27N7/c1-25-10-7-14(8-11-25)20-18-19-9-6-16(22-18)21-17-12-15(23-24-17)13-4-2-3-5-13/h6,9,12-14H,2-5,7-8,10-11H2,1H3,(H3,19,20,21,22,23,24). The molecule has 0 spiro atoms. The third kappa shape index (κ3) is 4.10. The van der Waals surface area contributed by atoms with Crippen molar-refractivity contribution in [1.82, 2.24) is 25.1 Å². The Bertz CT molecular complexity index is 684. The molecule has 2 aromatic heterocycles. The monoisotopic (exact) mass is 341 g/mol. The fraction of sp³-hybridized carbons (Fsp3) is 0.611. The van der Waals surface area contributed by atoms with Crippen molar-refractivity contribution in [1.29, 1.82) is 0 Å². The second kappa shape index (κ2) is 7.39. The number of hydrogen-bond acceptors (Lipinski definition) is 6. The number of aromatic nitrogens is 4. The van der Waals surface area contributed by atoms with Crippen LogP contribution in [0.5, 0.6) is 0 Å². The van der Waals surface area contributed by atoms with Crippen molar-refractivity contribution in [3.8, 4) is 0 Å². The third-order valence-corrected chi connectivity index (χ3v) is 5.36. The molecule has 134 valence electrons. The molecule has 1 saturated carbocycles. The fourth-order valence-electron chi connectivity index (χ4n) is 3.81. The van der Waals surface area contributed by atoms with Crippen LogP contribution in [0.25, 0.3) is 0 Å². The van der Waals surface area contributed by atoms with E-state index < -0.39 is 0 Å². The van der Waals surface area contributed by atoms with Crippen molar-refractivity contribution in [3.63, 3.8) is 0 Å². The molecular weight excluding hydrogens is 314 g/mol. The van der Waals surface area contributed by atoms with E-state index in [9.17, 15) is 0 Å². The summed E-state index contributed by atoms with van der Waals surface area (Å²) in [5.74, 6) is 2.92. The number of H-pyrrole nitrogens is 1. The van der Waals surface area contributed by atoms with Crippen LogP contribution in [0.4, 0.5) is 17.6 Å². The molecule has 0 atom stereocenters. The molecule has 7 heteroatoms. The second-order valence-corrected chi connectivity index (χ2v) is 7.30. The highest BCUT2D eigenvalue weighted by molar-refractivity contribution is 5.53. The number of likely N-dealkylation sites (tertiary alicyclic amines) is 1. The third-order valence-electron chi connectivity index (χ3n) is 5.36. The first-order valence-electron chi connectivity index (χ1n) is 9.37. The molecule has 0 radical (unpaired) electrons. The van der Waals surface area contributed by atoms with Gasteiger partial charge in [-0.2, -0.15) is 10.1 Å². The average molecular weight is 341 g/mol. The summed E-state index contributed by atoms with van der Waals surface area (Å²) in [6, 6.07) is 4.44.